The topological polar surface area (TPSA) is 400 Å². The molecule has 5 aliphatic rings. The van der Waals surface area contributed by atoms with Crippen molar-refractivity contribution in [3.63, 3.8) is 0 Å². The number of carbonyl (C=O) groups excluding carboxylic acids is 3. The summed E-state index contributed by atoms with van der Waals surface area (Å²) in [6.07, 6.45) is 2.65. The fourth-order valence-corrected chi connectivity index (χ4v) is 8.06. The van der Waals surface area contributed by atoms with Gasteiger partial charge in [0.2, 0.25) is 22.9 Å². The number of fused-ring (bicyclic) bond motifs is 3. The van der Waals surface area contributed by atoms with Gasteiger partial charge in [-0.2, -0.15) is 9.97 Å². The van der Waals surface area contributed by atoms with E-state index in [-0.39, 0.29) is 111 Å². The zero-order valence-corrected chi connectivity index (χ0v) is 51.5. The quantitative estimate of drug-likeness (QED) is 0.0729. The molecule has 9 aromatic rings. The lowest BCUT2D eigenvalue weighted by atomic mass is 10.2. The van der Waals surface area contributed by atoms with Crippen molar-refractivity contribution in [1.29, 1.82) is 0 Å². The van der Waals surface area contributed by atoms with E-state index >= 15 is 0 Å². The Morgan fingerprint density at radius 3 is 1.25 bits per heavy atom. The molecule has 0 spiro atoms. The van der Waals surface area contributed by atoms with Gasteiger partial charge in [-0.05, 0) is 79.0 Å². The molecule has 14 rings (SSSR count). The Labute approximate surface area is 657 Å². The highest BCUT2D eigenvalue weighted by atomic mass is 35.5. The first kappa shape index (κ1) is 32.7. The zero-order chi connectivity index (χ0) is 114. The van der Waals surface area contributed by atoms with E-state index in [1.165, 1.54) is 42.7 Å². The minimum atomic E-state index is -3.61. The summed E-state index contributed by atoms with van der Waals surface area (Å²) in [6, 6.07) is 13.6. The Kier molecular flexibility index (Phi) is 12.1. The summed E-state index contributed by atoms with van der Waals surface area (Å²) in [6.45, 7) is -51.5. The normalized spacial score (nSPS) is 31.9. The molecule has 5 fully saturated rings. The van der Waals surface area contributed by atoms with Crippen LogP contribution in [0.1, 0.15) is 113 Å². The van der Waals surface area contributed by atoms with Crippen LogP contribution in [0.3, 0.4) is 0 Å². The van der Waals surface area contributed by atoms with Gasteiger partial charge < -0.3 is 109 Å². The number of aromatic nitrogens is 6. The summed E-state index contributed by atoms with van der Waals surface area (Å²) < 4.78 is 434. The second-order valence-electron chi connectivity index (χ2n) is 18.4. The molecule has 3 aromatic carbocycles. The number of benzene rings is 3. The Bertz CT molecular complexity index is 6280. The lowest BCUT2D eigenvalue weighted by Gasteiger charge is -2.35. The summed E-state index contributed by atoms with van der Waals surface area (Å²) in [5.41, 5.74) is 17.2. The molecule has 3 amide bonds. The number of carbonyl (C=O) groups is 4. The van der Waals surface area contributed by atoms with Gasteiger partial charge in [-0.15, -0.1) is 12.4 Å². The van der Waals surface area contributed by atoms with Gasteiger partial charge >= 0.3 is 5.97 Å². The first-order valence-electron chi connectivity index (χ1n) is 52.0. The van der Waals surface area contributed by atoms with E-state index in [1.54, 1.807) is 16.0 Å². The van der Waals surface area contributed by atoms with Crippen molar-refractivity contribution in [2.24, 2.45) is 0 Å². The maximum absolute atomic E-state index is 13.2. The molecule has 0 bridgehead atoms. The van der Waals surface area contributed by atoms with Crippen LogP contribution in [0.5, 0.6) is 34.5 Å². The molecule has 5 saturated heterocycles. The minimum absolute atomic E-state index is 0. The van der Waals surface area contributed by atoms with E-state index in [9.17, 15) is 19.2 Å². The van der Waals surface area contributed by atoms with Gasteiger partial charge in [-0.3, -0.25) is 14.4 Å². The van der Waals surface area contributed by atoms with Gasteiger partial charge in [0.05, 0.1) is 130 Å². The standard InChI is InChI=1S/C19H25N5O4.C19H21N5O4.C10H10ClN3O2.C9H12N2O2.C5H4O3.C4H10N2.ClH/c2*1-26-15-10-12-13(11-16(15)27-2)21-19(22-17(12)20)24-7-5-23(6-8-24)18(25)14-4-3-9-28-14;1-15-7-3-5-6(4-8(7)16-2)13-10(11)14-9(5)12;12-9(8-2-1-7-13-8)11-5-3-10-4-6-11;6-5(7)4-2-1-3-8-4;1-2-6-4-3-5-1;/h10-11,14H,3-9H2,1-2H3,(H2,20,21,22);3-4,9-11H,5-8H2,1-2H3,(H2,20,21,22);3-4H,1-2H3,(H2,12,13,14);1-2,7,10H,3-6H2;1-3H,(H,6,7);5-6H,1-4H2;1H/i2*1D3,2D3,5D2,6D2,7D2,8D2;1D3,2D3;3D2,4D2,5D2,6D2;;1D2,2D2,3D2,4D2;. The number of hydrogen-bond acceptors (Lipinski definition) is 28. The van der Waals surface area contributed by atoms with Crippen LogP contribution in [0.25, 0.3) is 32.7 Å². The third-order valence-electron chi connectivity index (χ3n) is 12.3. The highest BCUT2D eigenvalue weighted by Crippen LogP contribution is 2.37. The van der Waals surface area contributed by atoms with Gasteiger partial charge in [-0.1, -0.05) is 0 Å². The third-order valence-corrected chi connectivity index (χ3v) is 12.5. The molecule has 11 heterocycles. The molecule has 6 aromatic heterocycles. The van der Waals surface area contributed by atoms with E-state index in [0.29, 0.717) is 6.42 Å². The molecule has 536 valence electrons. The van der Waals surface area contributed by atoms with Crippen LogP contribution >= 0.6 is 24.0 Å². The van der Waals surface area contributed by atoms with Crippen molar-refractivity contribution < 1.29 is 139 Å². The number of halogens is 2. The highest BCUT2D eigenvalue weighted by molar-refractivity contribution is 6.28. The summed E-state index contributed by atoms with van der Waals surface area (Å²) in [4.78, 5) is 71.1. The molecule has 32 nitrogen and oxygen atoms in total. The van der Waals surface area contributed by atoms with Crippen LogP contribution in [0.2, 0.25) is 5.28 Å². The summed E-state index contributed by atoms with van der Waals surface area (Å²) in [5.74, 6) is -12.4. The zero-order valence-electron chi connectivity index (χ0n) is 100.0. The maximum atomic E-state index is 13.2. The minimum Gasteiger partial charge on any atom is -0.493 e. The predicted octanol–water partition coefficient (Wildman–Crippen LogP) is 5.63. The lowest BCUT2D eigenvalue weighted by molar-refractivity contribution is -0.141. The van der Waals surface area contributed by atoms with Crippen molar-refractivity contribution in [3.8, 4) is 34.5 Å². The fourth-order valence-electron chi connectivity index (χ4n) is 7.88. The number of methoxy groups -OCH3 is 6. The smallest absolute Gasteiger partial charge is 0.371 e. The second kappa shape index (κ2) is 37.0. The van der Waals surface area contributed by atoms with Gasteiger partial charge in [0.15, 0.2) is 46.0 Å². The number of nitrogen functional groups attached to an aromatic ring is 3. The van der Waals surface area contributed by atoms with Gasteiger partial charge in [0.25, 0.3) is 17.7 Å². The van der Waals surface area contributed by atoms with E-state index in [0.717, 1.165) is 48.9 Å². The molecule has 0 aliphatic carbocycles. The lowest BCUT2D eigenvalue weighted by Crippen LogP contribution is -2.51. The van der Waals surface area contributed by atoms with E-state index in [2.05, 4.69) is 34.3 Å². The number of piperazine rings is 4. The summed E-state index contributed by atoms with van der Waals surface area (Å²) in [7, 11) is -17.9. The number of amides is 3. The monoisotopic (exact) mass is 1470 g/mol. The molecular weight excluding hydrogens is 1340 g/mol. The number of ether oxygens (including phenoxy) is 7. The SMILES string of the molecule is Cl.O=C(O)c1ccco1.[2H]C([2H])([2H])Oc1cc2nc(Cl)nc(N)c2cc1OC([2H])([2H])[2H].[2H]C([2H])([2H])Oc1cc2nc(N3C([2H])([2H])C([2H])([2H])N(C(=O)C4CCCO4)C([2H])([2H])C3([2H])[2H])nc(N)c2cc1OC([2H])([2H])[2H].[2H]C([2H])([2H])Oc1cc2nc(N3C([2H])([2H])C([2H])([2H])N(C(=O)c4ccco4)C([2H])([2H])C3([2H])[2H])nc(N)c2cc1OC([2H])([2H])[2H].[2H]C1([2H])NC([2H])([2H])C([2H])([2H])N(C(=O)c2ccco2)C1([2H])[2H].[2H]C1([2H])NC([2H])([2H])C([2H])([2H])NC1([2H])[2H]. The number of anilines is 5. The number of hydrogen-bond donors (Lipinski definition) is 7. The number of rotatable bonds is 12. The summed E-state index contributed by atoms with van der Waals surface area (Å²) in [5, 5.41) is 12.9. The van der Waals surface area contributed by atoms with Crippen LogP contribution < -0.4 is 71.4 Å². The largest absolute Gasteiger partial charge is 0.493 e. The second-order valence-corrected chi connectivity index (χ2v) is 18.7. The molecule has 0 radical (unpaired) electrons. The molecule has 100 heavy (non-hydrogen) atoms. The van der Waals surface area contributed by atoms with E-state index < -0.39 is 234 Å². The van der Waals surface area contributed by atoms with E-state index in [4.69, 9.17) is 144 Å². The van der Waals surface area contributed by atoms with Gasteiger partial charge in [0, 0.05) is 161 Å². The first-order chi connectivity index (χ1) is 66.8. The van der Waals surface area contributed by atoms with Crippen molar-refractivity contribution in [1.82, 2.24) is 60.6 Å². The molecule has 1 unspecified atom stereocenters. The first-order valence-corrected chi connectivity index (χ1v) is 27.3. The van der Waals surface area contributed by atoms with Crippen molar-refractivity contribution in [2.75, 3.05) is 180 Å². The Hall–Kier alpha value is -10.4. The van der Waals surface area contributed by atoms with Gasteiger partial charge in [-0.25, -0.2) is 24.7 Å². The summed E-state index contributed by atoms with van der Waals surface area (Å²) >= 11 is 5.68. The number of carboxylic acids is 1. The Balaban J connectivity index is 0.000000234. The van der Waals surface area contributed by atoms with Gasteiger partial charge in [0.1, 0.15) is 23.6 Å². The van der Waals surface area contributed by atoms with E-state index in [1.807, 2.05) is 0 Å². The van der Waals surface area contributed by atoms with Crippen molar-refractivity contribution in [3.05, 3.63) is 114 Å². The molecule has 10 N–H and O–H groups in total. The molecule has 1 atom stereocenters. The number of aromatic carboxylic acids is 1. The van der Waals surface area contributed by atoms with Crippen LogP contribution in [0.15, 0.2) is 105 Å². The predicted molar refractivity (Wildman–Crippen MR) is 377 cm³/mol. The average molecular weight is 1480 g/mol. The number of carboxylic acid groups (broad SMARTS) is 1. The maximum Gasteiger partial charge on any atom is 0.371 e. The van der Waals surface area contributed by atoms with Crippen molar-refractivity contribution in [2.45, 2.75) is 18.9 Å². The number of nitrogens with zero attached hydrogens (tertiary/aromatic N) is 11. The average Bonchev–Trinajstić information content (AvgIpc) is 0.827. The fraction of sp³-hybridized carbons (Fsp3) is 0.394. The third kappa shape index (κ3) is 19.5. The molecule has 34 heteroatoms. The van der Waals surface area contributed by atoms with Crippen LogP contribution in [-0.4, -0.2) is 232 Å². The Morgan fingerprint density at radius 2 is 0.880 bits per heavy atom. The highest BCUT2D eigenvalue weighted by Gasteiger charge is 2.32. The number of nitrogens with two attached hydrogens (primary N) is 3. The van der Waals surface area contributed by atoms with Crippen LogP contribution in [0, 0.1) is 0 Å². The Morgan fingerprint density at radius 1 is 0.510 bits per heavy atom. The van der Waals surface area contributed by atoms with Crippen molar-refractivity contribution >= 4 is 110 Å². The number of nitrogens with one attached hydrogen (secondary N) is 3. The van der Waals surface area contributed by atoms with Crippen LogP contribution in [-0.2, 0) is 9.53 Å². The molecular formula is C66H83Cl2N17O15. The number of furan rings is 3. The van der Waals surface area contributed by atoms with Crippen LogP contribution in [0.4, 0.5) is 29.4 Å². The molecule has 0 saturated carbocycles. The molecule has 5 aliphatic heterocycles.